The van der Waals surface area contributed by atoms with Crippen LogP contribution in [0.2, 0.25) is 0 Å². The van der Waals surface area contributed by atoms with Crippen molar-refractivity contribution in [2.45, 2.75) is 49.6 Å². The number of aliphatic carboxylic acids is 1. The van der Waals surface area contributed by atoms with Gasteiger partial charge < -0.3 is 10.4 Å². The maximum Gasteiger partial charge on any atom is 0.490 e. The van der Waals surface area contributed by atoms with Crippen LogP contribution in [0.4, 0.5) is 23.2 Å². The van der Waals surface area contributed by atoms with E-state index in [1.807, 2.05) is 0 Å². The van der Waals surface area contributed by atoms with Gasteiger partial charge >= 0.3 is 12.1 Å². The number of benzene rings is 2. The third-order valence-corrected chi connectivity index (χ3v) is 6.65. The lowest BCUT2D eigenvalue weighted by atomic mass is 9.94. The summed E-state index contributed by atoms with van der Waals surface area (Å²) >= 11 is 0. The first-order valence-corrected chi connectivity index (χ1v) is 12.1. The van der Waals surface area contributed by atoms with Crippen molar-refractivity contribution in [2.24, 2.45) is 5.92 Å². The SMILES string of the molecule is CC(C)CCNC(=O)C1(c2ccc(NS(=O)(=O)c3ccc(F)cc3)cc2)CC1.O=C(O)C(F)(F)F. The van der Waals surface area contributed by atoms with Crippen molar-refractivity contribution in [3.8, 4) is 0 Å². The standard InChI is InChI=1S/C21H25FN2O3S.C2HF3O2/c1-15(2)11-14-23-20(25)21(12-13-21)16-3-7-18(8-4-16)24-28(26,27)19-9-5-17(22)6-10-19;3-2(4,5)1(6)7/h3-10,15,24H,11-14H2,1-2H3,(H,23,25);(H,6,7). The molecule has 192 valence electrons. The van der Waals surface area contributed by atoms with Gasteiger partial charge in [0.25, 0.3) is 10.0 Å². The first-order chi connectivity index (χ1) is 16.2. The van der Waals surface area contributed by atoms with E-state index in [0.717, 1.165) is 37.0 Å². The van der Waals surface area contributed by atoms with Gasteiger partial charge in [-0.3, -0.25) is 9.52 Å². The molecule has 12 heteroatoms. The Kier molecular flexibility index (Phi) is 8.88. The predicted molar refractivity (Wildman–Crippen MR) is 121 cm³/mol. The van der Waals surface area contributed by atoms with Crippen molar-refractivity contribution >= 4 is 27.6 Å². The van der Waals surface area contributed by atoms with Gasteiger partial charge in [-0.1, -0.05) is 26.0 Å². The number of sulfonamides is 1. The number of nitrogens with one attached hydrogen (secondary N) is 2. The molecule has 0 bridgehead atoms. The number of anilines is 1. The van der Waals surface area contributed by atoms with Crippen molar-refractivity contribution in [1.29, 1.82) is 0 Å². The molecule has 7 nitrogen and oxygen atoms in total. The highest BCUT2D eigenvalue weighted by Gasteiger charge is 2.51. The van der Waals surface area contributed by atoms with Gasteiger partial charge in [0.15, 0.2) is 0 Å². The van der Waals surface area contributed by atoms with Crippen LogP contribution >= 0.6 is 0 Å². The van der Waals surface area contributed by atoms with Crippen LogP contribution in [0.5, 0.6) is 0 Å². The molecule has 2 aromatic carbocycles. The van der Waals surface area contributed by atoms with E-state index in [2.05, 4.69) is 23.9 Å². The Morgan fingerprint density at radius 3 is 1.97 bits per heavy atom. The Balaban J connectivity index is 0.000000540. The Bertz CT molecular complexity index is 1130. The molecule has 1 saturated carbocycles. The number of hydrogen-bond acceptors (Lipinski definition) is 4. The molecule has 35 heavy (non-hydrogen) atoms. The summed E-state index contributed by atoms with van der Waals surface area (Å²) in [6, 6.07) is 11.5. The summed E-state index contributed by atoms with van der Waals surface area (Å²) < 4.78 is 72.0. The summed E-state index contributed by atoms with van der Waals surface area (Å²) in [7, 11) is -3.80. The molecule has 0 atom stereocenters. The van der Waals surface area contributed by atoms with E-state index in [4.69, 9.17) is 9.90 Å². The maximum absolute atomic E-state index is 13.0. The van der Waals surface area contributed by atoms with Gasteiger partial charge in [0.1, 0.15) is 5.82 Å². The summed E-state index contributed by atoms with van der Waals surface area (Å²) in [4.78, 5) is 21.5. The minimum atomic E-state index is -5.08. The zero-order chi connectivity index (χ0) is 26.4. The molecule has 1 aliphatic carbocycles. The number of amides is 1. The largest absolute Gasteiger partial charge is 0.490 e. The number of carboxylic acid groups (broad SMARTS) is 1. The summed E-state index contributed by atoms with van der Waals surface area (Å²) in [5, 5.41) is 10.1. The number of carbonyl (C=O) groups is 2. The second-order valence-electron chi connectivity index (χ2n) is 8.46. The van der Waals surface area contributed by atoms with Crippen LogP contribution in [0.3, 0.4) is 0 Å². The Morgan fingerprint density at radius 1 is 1.03 bits per heavy atom. The Labute approximate surface area is 200 Å². The fourth-order valence-electron chi connectivity index (χ4n) is 3.10. The first kappa shape index (κ1) is 28.1. The number of halogens is 4. The number of rotatable bonds is 8. The average molecular weight is 519 g/mol. The van der Waals surface area contributed by atoms with E-state index in [1.165, 1.54) is 12.1 Å². The van der Waals surface area contributed by atoms with Crippen LogP contribution in [0, 0.1) is 11.7 Å². The van der Waals surface area contributed by atoms with Crippen molar-refractivity contribution in [3.05, 3.63) is 59.9 Å². The minimum absolute atomic E-state index is 0.0128. The van der Waals surface area contributed by atoms with Gasteiger partial charge in [-0.05, 0) is 67.1 Å². The van der Waals surface area contributed by atoms with E-state index >= 15 is 0 Å². The van der Waals surface area contributed by atoms with Crippen LogP contribution in [0.15, 0.2) is 53.4 Å². The Hall–Kier alpha value is -3.15. The number of carboxylic acids is 1. The van der Waals surface area contributed by atoms with E-state index in [9.17, 15) is 30.8 Å². The van der Waals surface area contributed by atoms with E-state index in [1.54, 1.807) is 24.3 Å². The molecule has 0 unspecified atom stereocenters. The second kappa shape index (κ2) is 11.1. The molecule has 0 saturated heterocycles. The van der Waals surface area contributed by atoms with Gasteiger partial charge in [-0.25, -0.2) is 17.6 Å². The quantitative estimate of drug-likeness (QED) is 0.447. The molecule has 3 rings (SSSR count). The predicted octanol–water partition coefficient (Wildman–Crippen LogP) is 4.45. The highest BCUT2D eigenvalue weighted by Crippen LogP contribution is 2.48. The first-order valence-electron chi connectivity index (χ1n) is 10.6. The molecular formula is C23H26F4N2O5S. The molecule has 1 fully saturated rings. The van der Waals surface area contributed by atoms with Crippen LogP contribution in [-0.2, 0) is 25.0 Å². The third-order valence-electron chi connectivity index (χ3n) is 5.25. The summed E-state index contributed by atoms with van der Waals surface area (Å²) in [6.07, 6.45) is -2.56. The highest BCUT2D eigenvalue weighted by molar-refractivity contribution is 7.92. The molecule has 0 aliphatic heterocycles. The van der Waals surface area contributed by atoms with Crippen LogP contribution < -0.4 is 10.0 Å². The molecule has 1 aliphatic rings. The zero-order valence-corrected chi connectivity index (χ0v) is 19.8. The van der Waals surface area contributed by atoms with Crippen molar-refractivity contribution in [1.82, 2.24) is 5.32 Å². The fourth-order valence-corrected chi connectivity index (χ4v) is 4.16. The topological polar surface area (TPSA) is 113 Å². The van der Waals surface area contributed by atoms with Crippen molar-refractivity contribution in [3.63, 3.8) is 0 Å². The fraction of sp³-hybridized carbons (Fsp3) is 0.391. The molecular weight excluding hydrogens is 492 g/mol. The lowest BCUT2D eigenvalue weighted by Gasteiger charge is -2.17. The normalized spacial score (nSPS) is 14.5. The number of hydrogen-bond donors (Lipinski definition) is 3. The van der Waals surface area contributed by atoms with E-state index < -0.39 is 33.4 Å². The van der Waals surface area contributed by atoms with Gasteiger partial charge in [-0.15, -0.1) is 0 Å². The lowest BCUT2D eigenvalue weighted by Crippen LogP contribution is -2.35. The van der Waals surface area contributed by atoms with Crippen molar-refractivity contribution in [2.75, 3.05) is 11.3 Å². The monoisotopic (exact) mass is 518 g/mol. The summed E-state index contributed by atoms with van der Waals surface area (Å²) in [5.74, 6) is -2.69. The molecule has 2 aromatic rings. The summed E-state index contributed by atoms with van der Waals surface area (Å²) in [6.45, 7) is 4.89. The number of alkyl halides is 3. The second-order valence-corrected chi connectivity index (χ2v) is 10.1. The molecule has 0 heterocycles. The third kappa shape index (κ3) is 7.94. The Morgan fingerprint density at radius 2 is 1.54 bits per heavy atom. The molecule has 1 amide bonds. The average Bonchev–Trinajstić information content (AvgIpc) is 3.56. The van der Waals surface area contributed by atoms with Gasteiger partial charge in [0, 0.05) is 12.2 Å². The van der Waals surface area contributed by atoms with Gasteiger partial charge in [0.05, 0.1) is 10.3 Å². The molecule has 0 radical (unpaired) electrons. The number of carbonyl (C=O) groups excluding carboxylic acids is 1. The van der Waals surface area contributed by atoms with Gasteiger partial charge in [-0.2, -0.15) is 13.2 Å². The van der Waals surface area contributed by atoms with Crippen LogP contribution in [0.25, 0.3) is 0 Å². The maximum atomic E-state index is 13.0. The highest BCUT2D eigenvalue weighted by atomic mass is 32.2. The smallest absolute Gasteiger partial charge is 0.475 e. The van der Waals surface area contributed by atoms with Crippen LogP contribution in [-0.4, -0.2) is 38.1 Å². The molecule has 0 aromatic heterocycles. The molecule has 0 spiro atoms. The summed E-state index contributed by atoms with van der Waals surface area (Å²) in [5.41, 5.74) is 0.786. The lowest BCUT2D eigenvalue weighted by molar-refractivity contribution is -0.192. The van der Waals surface area contributed by atoms with E-state index in [-0.39, 0.29) is 10.8 Å². The minimum Gasteiger partial charge on any atom is -0.475 e. The zero-order valence-electron chi connectivity index (χ0n) is 19.0. The molecule has 3 N–H and O–H groups in total. The van der Waals surface area contributed by atoms with Crippen molar-refractivity contribution < 1.29 is 40.7 Å². The van der Waals surface area contributed by atoms with E-state index in [0.29, 0.717) is 18.2 Å². The van der Waals surface area contributed by atoms with Crippen LogP contribution in [0.1, 0.15) is 38.7 Å². The van der Waals surface area contributed by atoms with Gasteiger partial charge in [0.2, 0.25) is 5.91 Å².